The number of hydrogen-bond donors (Lipinski definition) is 2. The number of aryl methyl sites for hydroxylation is 3. The van der Waals surface area contributed by atoms with Crippen molar-refractivity contribution in [2.45, 2.75) is 33.2 Å². The van der Waals surface area contributed by atoms with Crippen molar-refractivity contribution in [3.8, 4) is 0 Å². The van der Waals surface area contributed by atoms with Crippen LogP contribution in [0.3, 0.4) is 0 Å². The zero-order valence-corrected chi connectivity index (χ0v) is 19.1. The quantitative estimate of drug-likeness (QED) is 0.269. The standard InChI is InChI=1S/C18H35N7.HI/c1-16-15-17(2)25(22-16)11-5-7-20-18(19-3)21-8-12-24-10-6-9-23(4)13-14-24;/h15H,5-14H2,1-4H3,(H2,19,20,21);1H. The van der Waals surface area contributed by atoms with Crippen molar-refractivity contribution in [3.05, 3.63) is 17.5 Å². The third-order valence-electron chi connectivity index (χ3n) is 4.70. The molecule has 8 heteroatoms. The molecular weight excluding hydrogens is 441 g/mol. The Morgan fingerprint density at radius 2 is 1.88 bits per heavy atom. The number of halogens is 1. The molecule has 1 aliphatic rings. The van der Waals surface area contributed by atoms with E-state index in [4.69, 9.17) is 0 Å². The number of aliphatic imine (C=N–C) groups is 1. The lowest BCUT2D eigenvalue weighted by atomic mass is 10.4. The SMILES string of the molecule is CN=C(NCCCn1nc(C)cc1C)NCCN1CCCN(C)CC1.I. The number of hydrogen-bond acceptors (Lipinski definition) is 4. The lowest BCUT2D eigenvalue weighted by Crippen LogP contribution is -2.42. The molecule has 2 rings (SSSR count). The molecular formula is C18H36IN7. The summed E-state index contributed by atoms with van der Waals surface area (Å²) in [4.78, 5) is 9.26. The van der Waals surface area contributed by atoms with Gasteiger partial charge in [-0.3, -0.25) is 9.67 Å². The van der Waals surface area contributed by atoms with E-state index < -0.39 is 0 Å². The second kappa shape index (κ2) is 12.5. The summed E-state index contributed by atoms with van der Waals surface area (Å²) in [6.07, 6.45) is 2.29. The predicted octanol–water partition coefficient (Wildman–Crippen LogP) is 1.31. The Morgan fingerprint density at radius 1 is 1.12 bits per heavy atom. The van der Waals surface area contributed by atoms with Crippen LogP contribution >= 0.6 is 24.0 Å². The fourth-order valence-electron chi connectivity index (χ4n) is 3.21. The van der Waals surface area contributed by atoms with E-state index in [0.717, 1.165) is 50.8 Å². The number of nitrogens with one attached hydrogen (secondary N) is 2. The van der Waals surface area contributed by atoms with Crippen molar-refractivity contribution in [1.82, 2.24) is 30.2 Å². The van der Waals surface area contributed by atoms with Crippen molar-refractivity contribution < 1.29 is 0 Å². The van der Waals surface area contributed by atoms with E-state index in [1.807, 2.05) is 14.0 Å². The third-order valence-corrected chi connectivity index (χ3v) is 4.70. The molecule has 0 atom stereocenters. The van der Waals surface area contributed by atoms with Gasteiger partial charge in [-0.05, 0) is 52.9 Å². The van der Waals surface area contributed by atoms with Gasteiger partial charge in [-0.2, -0.15) is 5.10 Å². The molecule has 1 saturated heterocycles. The minimum absolute atomic E-state index is 0. The first kappa shape index (κ1) is 23.2. The van der Waals surface area contributed by atoms with E-state index in [1.165, 1.54) is 31.7 Å². The van der Waals surface area contributed by atoms with Gasteiger partial charge in [0.1, 0.15) is 0 Å². The van der Waals surface area contributed by atoms with Crippen LogP contribution in [0.1, 0.15) is 24.2 Å². The Hall–Kier alpha value is -0.870. The summed E-state index contributed by atoms with van der Waals surface area (Å²) < 4.78 is 2.07. The van der Waals surface area contributed by atoms with Gasteiger partial charge in [0.2, 0.25) is 0 Å². The fraction of sp³-hybridized carbons (Fsp3) is 0.778. The number of aromatic nitrogens is 2. The highest BCUT2D eigenvalue weighted by Gasteiger charge is 2.11. The minimum Gasteiger partial charge on any atom is -0.356 e. The van der Waals surface area contributed by atoms with Crippen molar-refractivity contribution >= 4 is 29.9 Å². The van der Waals surface area contributed by atoms with Crippen molar-refractivity contribution in [3.63, 3.8) is 0 Å². The molecule has 2 heterocycles. The van der Waals surface area contributed by atoms with E-state index >= 15 is 0 Å². The van der Waals surface area contributed by atoms with E-state index in [9.17, 15) is 0 Å². The maximum Gasteiger partial charge on any atom is 0.191 e. The molecule has 0 bridgehead atoms. The van der Waals surface area contributed by atoms with Crippen LogP contribution in [0.15, 0.2) is 11.1 Å². The fourth-order valence-corrected chi connectivity index (χ4v) is 3.21. The van der Waals surface area contributed by atoms with E-state index in [-0.39, 0.29) is 24.0 Å². The van der Waals surface area contributed by atoms with Crippen molar-refractivity contribution in [2.24, 2.45) is 4.99 Å². The highest BCUT2D eigenvalue weighted by Crippen LogP contribution is 2.02. The summed E-state index contributed by atoms with van der Waals surface area (Å²) in [5.41, 5.74) is 2.31. The van der Waals surface area contributed by atoms with Gasteiger partial charge < -0.3 is 20.4 Å². The molecule has 1 fully saturated rings. The molecule has 0 saturated carbocycles. The molecule has 7 nitrogen and oxygen atoms in total. The van der Waals surface area contributed by atoms with Crippen molar-refractivity contribution in [1.29, 1.82) is 0 Å². The summed E-state index contributed by atoms with van der Waals surface area (Å²) in [5.74, 6) is 0.889. The smallest absolute Gasteiger partial charge is 0.191 e. The molecule has 150 valence electrons. The van der Waals surface area contributed by atoms with Gasteiger partial charge in [0.25, 0.3) is 0 Å². The number of nitrogens with zero attached hydrogens (tertiary/aromatic N) is 5. The van der Waals surface area contributed by atoms with Crippen molar-refractivity contribution in [2.75, 3.05) is 59.9 Å². The molecule has 1 aromatic heterocycles. The van der Waals surface area contributed by atoms with E-state index in [0.29, 0.717) is 0 Å². The summed E-state index contributed by atoms with van der Waals surface area (Å²) in [6.45, 7) is 12.7. The maximum atomic E-state index is 4.50. The van der Waals surface area contributed by atoms with Crippen LogP contribution in [0.25, 0.3) is 0 Å². The van der Waals surface area contributed by atoms with Crippen LogP contribution in [0.5, 0.6) is 0 Å². The van der Waals surface area contributed by atoms with Gasteiger partial charge in [0.05, 0.1) is 5.69 Å². The predicted molar refractivity (Wildman–Crippen MR) is 120 cm³/mol. The van der Waals surface area contributed by atoms with Gasteiger partial charge in [-0.15, -0.1) is 24.0 Å². The largest absolute Gasteiger partial charge is 0.356 e. The van der Waals surface area contributed by atoms with E-state index in [1.54, 1.807) is 0 Å². The average Bonchev–Trinajstić information content (AvgIpc) is 2.77. The first-order chi connectivity index (χ1) is 12.1. The van der Waals surface area contributed by atoms with Crippen LogP contribution in [0, 0.1) is 13.8 Å². The van der Waals surface area contributed by atoms with Gasteiger partial charge in [0.15, 0.2) is 5.96 Å². The van der Waals surface area contributed by atoms with Gasteiger partial charge in [-0.25, -0.2) is 0 Å². The molecule has 0 radical (unpaired) electrons. The Bertz CT molecular complexity index is 544. The first-order valence-electron chi connectivity index (χ1n) is 9.45. The number of likely N-dealkylation sites (N-methyl/N-ethyl adjacent to an activating group) is 1. The zero-order valence-electron chi connectivity index (χ0n) is 16.8. The first-order valence-corrected chi connectivity index (χ1v) is 9.45. The Balaban J connectivity index is 0.00000338. The normalized spacial score (nSPS) is 16.8. The lowest BCUT2D eigenvalue weighted by molar-refractivity contribution is 0.280. The van der Waals surface area contributed by atoms with Gasteiger partial charge in [-0.1, -0.05) is 0 Å². The second-order valence-electron chi connectivity index (χ2n) is 6.93. The minimum atomic E-state index is 0. The topological polar surface area (TPSA) is 60.7 Å². The van der Waals surface area contributed by atoms with Crippen LogP contribution < -0.4 is 10.6 Å². The van der Waals surface area contributed by atoms with Crippen LogP contribution in [0.4, 0.5) is 0 Å². The molecule has 1 aliphatic heterocycles. The van der Waals surface area contributed by atoms with Gasteiger partial charge >= 0.3 is 0 Å². The average molecular weight is 477 g/mol. The highest BCUT2D eigenvalue weighted by atomic mass is 127. The molecule has 0 unspecified atom stereocenters. The Kier molecular flexibility index (Phi) is 11.1. The third kappa shape index (κ3) is 8.22. The molecule has 26 heavy (non-hydrogen) atoms. The van der Waals surface area contributed by atoms with Crippen LogP contribution in [-0.2, 0) is 6.54 Å². The van der Waals surface area contributed by atoms with Crippen LogP contribution in [0.2, 0.25) is 0 Å². The molecule has 1 aromatic rings. The highest BCUT2D eigenvalue weighted by molar-refractivity contribution is 14.0. The summed E-state index contributed by atoms with van der Waals surface area (Å²) in [7, 11) is 4.04. The zero-order chi connectivity index (χ0) is 18.1. The second-order valence-corrected chi connectivity index (χ2v) is 6.93. The Labute approximate surface area is 175 Å². The summed E-state index contributed by atoms with van der Waals surface area (Å²) in [5, 5.41) is 11.3. The molecule has 0 spiro atoms. The Morgan fingerprint density at radius 3 is 2.58 bits per heavy atom. The number of rotatable bonds is 7. The monoisotopic (exact) mass is 477 g/mol. The van der Waals surface area contributed by atoms with E-state index in [2.05, 4.69) is 55.2 Å². The molecule has 0 amide bonds. The summed E-state index contributed by atoms with van der Waals surface area (Å²) in [6, 6.07) is 2.12. The van der Waals surface area contributed by atoms with Gasteiger partial charge in [0, 0.05) is 52.0 Å². The molecule has 0 aromatic carbocycles. The summed E-state index contributed by atoms with van der Waals surface area (Å²) >= 11 is 0. The van der Waals surface area contributed by atoms with Crippen LogP contribution in [-0.4, -0.2) is 85.4 Å². The lowest BCUT2D eigenvalue weighted by Gasteiger charge is -2.21. The maximum absolute atomic E-state index is 4.50. The molecule has 0 aliphatic carbocycles. The molecule has 2 N–H and O–H groups in total. The number of guanidine groups is 1.